The van der Waals surface area contributed by atoms with Crippen molar-refractivity contribution in [1.29, 1.82) is 0 Å². The fourth-order valence-electron chi connectivity index (χ4n) is 3.50. The van der Waals surface area contributed by atoms with Crippen molar-refractivity contribution >= 4 is 29.9 Å². The third-order valence-corrected chi connectivity index (χ3v) is 5.16. The van der Waals surface area contributed by atoms with Gasteiger partial charge < -0.3 is 15.5 Å². The molecule has 2 N–H and O–H groups in total. The second-order valence-corrected chi connectivity index (χ2v) is 7.86. The number of guanidine groups is 1. The minimum Gasteiger partial charge on any atom is -0.356 e. The molecule has 142 valence electrons. The summed E-state index contributed by atoms with van der Waals surface area (Å²) in [6, 6.07) is 0.924. The Morgan fingerprint density at radius 3 is 2.50 bits per heavy atom. The number of likely N-dealkylation sites (tertiary alicyclic amines) is 1. The molecule has 1 unspecified atom stereocenters. The minimum atomic E-state index is 0. The van der Waals surface area contributed by atoms with Gasteiger partial charge in [-0.25, -0.2) is 0 Å². The topological polar surface area (TPSA) is 39.7 Å². The Morgan fingerprint density at radius 2 is 1.83 bits per heavy atom. The van der Waals surface area contributed by atoms with Gasteiger partial charge in [0.05, 0.1) is 0 Å². The van der Waals surface area contributed by atoms with E-state index in [1.165, 1.54) is 64.5 Å². The molecule has 0 aromatic heterocycles. The molecule has 2 fully saturated rings. The molecule has 2 aliphatic rings. The third kappa shape index (κ3) is 8.88. The molecule has 0 amide bonds. The number of nitrogens with one attached hydrogen (secondary N) is 2. The van der Waals surface area contributed by atoms with Gasteiger partial charge in [0.1, 0.15) is 0 Å². The highest BCUT2D eigenvalue weighted by molar-refractivity contribution is 14.0. The molecule has 24 heavy (non-hydrogen) atoms. The zero-order valence-corrected chi connectivity index (χ0v) is 18.4. The van der Waals surface area contributed by atoms with Crippen molar-refractivity contribution in [3.05, 3.63) is 0 Å². The summed E-state index contributed by atoms with van der Waals surface area (Å²) >= 11 is 0. The zero-order valence-electron chi connectivity index (χ0n) is 16.0. The number of hydrogen-bond donors (Lipinski definition) is 2. The molecule has 4 nitrogen and oxygen atoms in total. The van der Waals surface area contributed by atoms with E-state index >= 15 is 0 Å². The molecule has 1 aliphatic heterocycles. The minimum absolute atomic E-state index is 0. The Hall–Kier alpha value is -0.0400. The van der Waals surface area contributed by atoms with Crippen molar-refractivity contribution in [2.45, 2.75) is 71.3 Å². The van der Waals surface area contributed by atoms with E-state index in [4.69, 9.17) is 0 Å². The van der Waals surface area contributed by atoms with E-state index < -0.39 is 0 Å². The smallest absolute Gasteiger partial charge is 0.190 e. The lowest BCUT2D eigenvalue weighted by Crippen LogP contribution is -2.40. The highest BCUT2D eigenvalue weighted by Gasteiger charge is 2.34. The average molecular weight is 450 g/mol. The van der Waals surface area contributed by atoms with E-state index in [0.717, 1.165) is 36.9 Å². The maximum Gasteiger partial charge on any atom is 0.190 e. The van der Waals surface area contributed by atoms with Gasteiger partial charge in [-0.1, -0.05) is 39.5 Å². The largest absolute Gasteiger partial charge is 0.356 e. The molecular formula is C19H39IN4. The molecule has 1 aliphatic carbocycles. The van der Waals surface area contributed by atoms with Crippen LogP contribution in [-0.4, -0.2) is 50.1 Å². The quantitative estimate of drug-likeness (QED) is 0.230. The SMILES string of the molecule is CN=C(NCCCCCCC(C)C)NCC1CCN(C2CC2)C1.I. The van der Waals surface area contributed by atoms with Gasteiger partial charge in [0.2, 0.25) is 0 Å². The molecule has 0 aromatic carbocycles. The van der Waals surface area contributed by atoms with E-state index in [2.05, 4.69) is 34.4 Å². The standard InChI is InChI=1S/C19H38N4.HI/c1-16(2)8-6-4-5-7-12-21-19(20-3)22-14-17-11-13-23(15-17)18-9-10-18;/h16-18H,4-15H2,1-3H3,(H2,20,21,22);1H. The molecule has 1 saturated carbocycles. The molecule has 1 atom stereocenters. The van der Waals surface area contributed by atoms with Crippen molar-refractivity contribution in [2.24, 2.45) is 16.8 Å². The first-order valence-corrected chi connectivity index (χ1v) is 9.87. The Labute approximate surface area is 166 Å². The fourth-order valence-corrected chi connectivity index (χ4v) is 3.50. The number of aliphatic imine (C=N–C) groups is 1. The van der Waals surface area contributed by atoms with Crippen molar-refractivity contribution in [3.8, 4) is 0 Å². The monoisotopic (exact) mass is 450 g/mol. The molecule has 0 aromatic rings. The number of halogens is 1. The summed E-state index contributed by atoms with van der Waals surface area (Å²) in [5.41, 5.74) is 0. The predicted octanol–water partition coefficient (Wildman–Crippen LogP) is 3.86. The molecule has 0 radical (unpaired) electrons. The summed E-state index contributed by atoms with van der Waals surface area (Å²) in [6.45, 7) is 9.32. The first-order chi connectivity index (χ1) is 11.2. The highest BCUT2D eigenvalue weighted by atomic mass is 127. The third-order valence-electron chi connectivity index (χ3n) is 5.16. The van der Waals surface area contributed by atoms with Crippen LogP contribution in [0.15, 0.2) is 4.99 Å². The van der Waals surface area contributed by atoms with Crippen LogP contribution in [0.25, 0.3) is 0 Å². The predicted molar refractivity (Wildman–Crippen MR) is 115 cm³/mol. The average Bonchev–Trinajstić information content (AvgIpc) is 3.28. The van der Waals surface area contributed by atoms with E-state index in [-0.39, 0.29) is 24.0 Å². The molecular weight excluding hydrogens is 411 g/mol. The van der Waals surface area contributed by atoms with Crippen LogP contribution < -0.4 is 10.6 Å². The number of hydrogen-bond acceptors (Lipinski definition) is 2. The number of nitrogens with zero attached hydrogens (tertiary/aromatic N) is 2. The zero-order chi connectivity index (χ0) is 16.5. The summed E-state index contributed by atoms with van der Waals surface area (Å²) < 4.78 is 0. The lowest BCUT2D eigenvalue weighted by molar-refractivity contribution is 0.314. The lowest BCUT2D eigenvalue weighted by Gasteiger charge is -2.17. The van der Waals surface area contributed by atoms with Crippen molar-refractivity contribution in [2.75, 3.05) is 33.2 Å². The summed E-state index contributed by atoms with van der Waals surface area (Å²) in [5.74, 6) is 2.63. The first-order valence-electron chi connectivity index (χ1n) is 9.87. The first kappa shape index (κ1) is 22.0. The van der Waals surface area contributed by atoms with Crippen LogP contribution in [0.4, 0.5) is 0 Å². The summed E-state index contributed by atoms with van der Waals surface area (Å²) in [7, 11) is 1.88. The van der Waals surface area contributed by atoms with Gasteiger partial charge in [-0.05, 0) is 44.1 Å². The Balaban J connectivity index is 0.00000288. The molecule has 1 saturated heterocycles. The van der Waals surface area contributed by atoms with Crippen molar-refractivity contribution in [1.82, 2.24) is 15.5 Å². The normalized spacial score (nSPS) is 21.8. The van der Waals surface area contributed by atoms with Crippen LogP contribution in [0.2, 0.25) is 0 Å². The summed E-state index contributed by atoms with van der Waals surface area (Å²) in [6.07, 6.45) is 10.9. The maximum absolute atomic E-state index is 4.35. The van der Waals surface area contributed by atoms with Crippen LogP contribution in [-0.2, 0) is 0 Å². The maximum atomic E-state index is 4.35. The van der Waals surface area contributed by atoms with E-state index in [1.54, 1.807) is 0 Å². The second kappa shape index (κ2) is 12.3. The van der Waals surface area contributed by atoms with Gasteiger partial charge in [0.15, 0.2) is 5.96 Å². The molecule has 0 bridgehead atoms. The van der Waals surface area contributed by atoms with Gasteiger partial charge in [-0.15, -0.1) is 24.0 Å². The van der Waals surface area contributed by atoms with Gasteiger partial charge >= 0.3 is 0 Å². The lowest BCUT2D eigenvalue weighted by atomic mass is 10.0. The van der Waals surface area contributed by atoms with Gasteiger partial charge in [0, 0.05) is 32.7 Å². The number of rotatable bonds is 10. The second-order valence-electron chi connectivity index (χ2n) is 7.86. The van der Waals surface area contributed by atoms with E-state index in [0.29, 0.717) is 0 Å². The highest BCUT2D eigenvalue weighted by Crippen LogP contribution is 2.31. The van der Waals surface area contributed by atoms with Gasteiger partial charge in [-0.2, -0.15) is 0 Å². The Kier molecular flexibility index (Phi) is 11.3. The van der Waals surface area contributed by atoms with Crippen LogP contribution in [0.3, 0.4) is 0 Å². The van der Waals surface area contributed by atoms with Crippen LogP contribution in [0, 0.1) is 11.8 Å². The molecule has 0 spiro atoms. The van der Waals surface area contributed by atoms with Crippen LogP contribution in [0.5, 0.6) is 0 Å². The van der Waals surface area contributed by atoms with Gasteiger partial charge in [-0.3, -0.25) is 4.99 Å². The van der Waals surface area contributed by atoms with E-state index in [1.807, 2.05) is 7.05 Å². The van der Waals surface area contributed by atoms with Gasteiger partial charge in [0.25, 0.3) is 0 Å². The van der Waals surface area contributed by atoms with Crippen molar-refractivity contribution in [3.63, 3.8) is 0 Å². The fraction of sp³-hybridized carbons (Fsp3) is 0.947. The van der Waals surface area contributed by atoms with Crippen LogP contribution in [0.1, 0.15) is 65.2 Å². The molecule has 2 rings (SSSR count). The molecule has 5 heteroatoms. The Morgan fingerprint density at radius 1 is 1.08 bits per heavy atom. The van der Waals surface area contributed by atoms with Crippen molar-refractivity contribution < 1.29 is 0 Å². The van der Waals surface area contributed by atoms with Crippen LogP contribution >= 0.6 is 24.0 Å². The Bertz CT molecular complexity index is 355. The van der Waals surface area contributed by atoms with E-state index in [9.17, 15) is 0 Å². The summed E-state index contributed by atoms with van der Waals surface area (Å²) in [4.78, 5) is 7.03. The summed E-state index contributed by atoms with van der Waals surface area (Å²) in [5, 5.41) is 6.99. The number of unbranched alkanes of at least 4 members (excludes halogenated alkanes) is 3. The molecule has 1 heterocycles.